The molecule has 0 aromatic carbocycles. The molecule has 0 fully saturated rings. The molecule has 4 N–H and O–H groups in total. The quantitative estimate of drug-likeness (QED) is 0.0239. The van der Waals surface area contributed by atoms with Crippen LogP contribution in [0.1, 0.15) is 142 Å². The molecular formula is C42H70NO10P. The van der Waals surface area contributed by atoms with Gasteiger partial charge in [0.2, 0.25) is 0 Å². The lowest BCUT2D eigenvalue weighted by Crippen LogP contribution is -2.34. The zero-order valence-electron chi connectivity index (χ0n) is 33.0. The van der Waals surface area contributed by atoms with E-state index in [1.54, 1.807) is 0 Å². The number of ether oxygens (including phenoxy) is 2. The lowest BCUT2D eigenvalue weighted by atomic mass is 10.1. The maximum absolute atomic E-state index is 12.6. The molecule has 0 amide bonds. The lowest BCUT2D eigenvalue weighted by molar-refractivity contribution is -0.161. The zero-order chi connectivity index (χ0) is 40.0. The predicted octanol–water partition coefficient (Wildman–Crippen LogP) is 10.2. The van der Waals surface area contributed by atoms with Crippen molar-refractivity contribution in [3.8, 4) is 0 Å². The number of rotatable bonds is 36. The lowest BCUT2D eigenvalue weighted by Gasteiger charge is -2.20. The molecule has 0 spiro atoms. The molecule has 0 aromatic rings. The van der Waals surface area contributed by atoms with Gasteiger partial charge in [0.15, 0.2) is 6.10 Å². The molecular weight excluding hydrogens is 709 g/mol. The van der Waals surface area contributed by atoms with E-state index in [2.05, 4.69) is 79.1 Å². The summed E-state index contributed by atoms with van der Waals surface area (Å²) >= 11 is 0. The summed E-state index contributed by atoms with van der Waals surface area (Å²) in [5, 5.41) is 8.87. The number of esters is 2. The average Bonchev–Trinajstić information content (AvgIpc) is 3.14. The minimum Gasteiger partial charge on any atom is -0.480 e. The van der Waals surface area contributed by atoms with Crippen molar-refractivity contribution in [3.63, 3.8) is 0 Å². The van der Waals surface area contributed by atoms with Crippen LogP contribution < -0.4 is 5.73 Å². The maximum Gasteiger partial charge on any atom is 0.472 e. The van der Waals surface area contributed by atoms with Crippen LogP contribution >= 0.6 is 7.82 Å². The number of nitrogens with two attached hydrogens (primary N) is 1. The van der Waals surface area contributed by atoms with E-state index in [4.69, 9.17) is 24.8 Å². The molecule has 0 bridgehead atoms. The Morgan fingerprint density at radius 1 is 0.593 bits per heavy atom. The number of hydrogen-bond donors (Lipinski definition) is 3. The third-order valence-electron chi connectivity index (χ3n) is 7.94. The first-order chi connectivity index (χ1) is 26.1. The fourth-order valence-electron chi connectivity index (χ4n) is 4.80. The van der Waals surface area contributed by atoms with E-state index in [1.165, 1.54) is 25.7 Å². The highest BCUT2D eigenvalue weighted by Crippen LogP contribution is 2.43. The standard InChI is InChI=1S/C42H70NO10P/c1-3-5-7-9-11-13-15-17-18-19-20-22-23-25-27-29-31-33-40(44)50-35-38(36-51-54(48,49)52-37-39(43)42(46)47)53-41(45)34-32-30-28-26-24-21-16-14-12-10-8-6-4-2/h5,7,11,13-14,16-18,20,22,25,27,38-39H,3-4,6,8-10,12,15,19,21,23-24,26,28-37,43H2,1-2H3,(H,46,47)(H,48,49)/b7-5+,13-11+,16-14+,18-17+,22-20+,27-25+/t38-,39+/m1/s1. The Balaban J connectivity index is 4.54. The molecule has 0 aliphatic heterocycles. The van der Waals surface area contributed by atoms with Gasteiger partial charge < -0.3 is 25.2 Å². The number of unbranched alkanes of at least 4 members (excludes halogenated alkanes) is 10. The van der Waals surface area contributed by atoms with Crippen LogP contribution in [0.25, 0.3) is 0 Å². The first-order valence-corrected chi connectivity index (χ1v) is 21.5. The molecule has 308 valence electrons. The van der Waals surface area contributed by atoms with E-state index >= 15 is 0 Å². The average molecular weight is 780 g/mol. The Hall–Kier alpha value is -3.08. The normalized spacial score (nSPS) is 14.6. The number of phosphoric ester groups is 1. The Kier molecular flexibility index (Phi) is 34.8. The number of aliphatic carboxylic acids is 1. The molecule has 0 rings (SSSR count). The fraction of sp³-hybridized carbons (Fsp3) is 0.643. The van der Waals surface area contributed by atoms with E-state index in [9.17, 15) is 23.8 Å². The van der Waals surface area contributed by atoms with Crippen LogP contribution in [0.5, 0.6) is 0 Å². The van der Waals surface area contributed by atoms with Crippen LogP contribution in [0.15, 0.2) is 72.9 Å². The molecule has 3 atom stereocenters. The summed E-state index contributed by atoms with van der Waals surface area (Å²) in [5.74, 6) is -2.48. The van der Waals surface area contributed by atoms with Gasteiger partial charge in [-0.15, -0.1) is 0 Å². The Labute approximate surface area is 325 Å². The number of carboxylic acids is 1. The van der Waals surface area contributed by atoms with Crippen molar-refractivity contribution in [3.05, 3.63) is 72.9 Å². The minimum absolute atomic E-state index is 0.135. The van der Waals surface area contributed by atoms with Crippen LogP contribution in [0.4, 0.5) is 0 Å². The second-order valence-electron chi connectivity index (χ2n) is 13.0. The highest BCUT2D eigenvalue weighted by atomic mass is 31.2. The molecule has 0 radical (unpaired) electrons. The van der Waals surface area contributed by atoms with Crippen molar-refractivity contribution in [1.82, 2.24) is 0 Å². The van der Waals surface area contributed by atoms with Gasteiger partial charge in [0.1, 0.15) is 12.6 Å². The molecule has 0 aromatic heterocycles. The number of hydrogen-bond acceptors (Lipinski definition) is 9. The van der Waals surface area contributed by atoms with Crippen LogP contribution in [0, 0.1) is 0 Å². The van der Waals surface area contributed by atoms with E-state index in [0.29, 0.717) is 19.3 Å². The summed E-state index contributed by atoms with van der Waals surface area (Å²) in [6.45, 7) is 2.58. The van der Waals surface area contributed by atoms with Crippen molar-refractivity contribution >= 4 is 25.7 Å². The SMILES string of the molecule is CC/C=C/C/C=C/C/C=C/C/C=C/C/C=C/CCCC(=O)OC[C@H](COP(=O)(O)OC[C@H](N)C(=O)O)OC(=O)CCCCCCC/C=C/CCCCCC. The van der Waals surface area contributed by atoms with Gasteiger partial charge in [-0.05, 0) is 77.0 Å². The summed E-state index contributed by atoms with van der Waals surface area (Å²) in [7, 11) is -4.73. The van der Waals surface area contributed by atoms with Crippen molar-refractivity contribution in [2.24, 2.45) is 5.73 Å². The molecule has 12 heteroatoms. The molecule has 0 aliphatic carbocycles. The number of carbonyl (C=O) groups is 3. The molecule has 0 saturated heterocycles. The van der Waals surface area contributed by atoms with Crippen LogP contribution in [-0.2, 0) is 37.5 Å². The summed E-state index contributed by atoms with van der Waals surface area (Å²) in [5.41, 5.74) is 5.32. The highest BCUT2D eigenvalue weighted by Gasteiger charge is 2.28. The zero-order valence-corrected chi connectivity index (χ0v) is 33.9. The summed E-state index contributed by atoms with van der Waals surface area (Å²) < 4.78 is 32.5. The summed E-state index contributed by atoms with van der Waals surface area (Å²) in [6, 6.07) is -1.53. The van der Waals surface area contributed by atoms with E-state index in [-0.39, 0.29) is 19.4 Å². The number of carboxylic acid groups (broad SMARTS) is 1. The van der Waals surface area contributed by atoms with Gasteiger partial charge >= 0.3 is 25.7 Å². The van der Waals surface area contributed by atoms with Gasteiger partial charge in [0.25, 0.3) is 0 Å². The number of allylic oxidation sites excluding steroid dienone is 12. The van der Waals surface area contributed by atoms with Gasteiger partial charge in [0, 0.05) is 12.8 Å². The molecule has 1 unspecified atom stereocenters. The van der Waals surface area contributed by atoms with Gasteiger partial charge in [0.05, 0.1) is 13.2 Å². The van der Waals surface area contributed by atoms with Crippen molar-refractivity contribution < 1.29 is 47.5 Å². The van der Waals surface area contributed by atoms with Crippen LogP contribution in [0.2, 0.25) is 0 Å². The number of phosphoric acid groups is 1. The molecule has 0 saturated carbocycles. The summed E-state index contributed by atoms with van der Waals surface area (Å²) in [6.07, 6.45) is 42.6. The Morgan fingerprint density at radius 2 is 1.06 bits per heavy atom. The maximum atomic E-state index is 12.6. The third kappa shape index (κ3) is 35.9. The van der Waals surface area contributed by atoms with Gasteiger partial charge in [-0.3, -0.25) is 23.4 Å². The second kappa shape index (κ2) is 36.9. The smallest absolute Gasteiger partial charge is 0.472 e. The topological polar surface area (TPSA) is 172 Å². The molecule has 0 aliphatic rings. The highest BCUT2D eigenvalue weighted by molar-refractivity contribution is 7.47. The van der Waals surface area contributed by atoms with Crippen LogP contribution in [0.3, 0.4) is 0 Å². The Bertz CT molecular complexity index is 1190. The van der Waals surface area contributed by atoms with Gasteiger partial charge in [-0.2, -0.15) is 0 Å². The second-order valence-corrected chi connectivity index (χ2v) is 14.5. The Morgan fingerprint density at radius 3 is 1.63 bits per heavy atom. The van der Waals surface area contributed by atoms with Gasteiger partial charge in [-0.25, -0.2) is 4.57 Å². The van der Waals surface area contributed by atoms with E-state index in [1.807, 2.05) is 12.2 Å². The number of carbonyl (C=O) groups excluding carboxylic acids is 2. The van der Waals surface area contributed by atoms with E-state index < -0.39 is 51.1 Å². The monoisotopic (exact) mass is 779 g/mol. The predicted molar refractivity (Wildman–Crippen MR) is 217 cm³/mol. The van der Waals surface area contributed by atoms with Crippen LogP contribution in [-0.4, -0.2) is 59.9 Å². The van der Waals surface area contributed by atoms with Gasteiger partial charge in [-0.1, -0.05) is 125 Å². The largest absolute Gasteiger partial charge is 0.480 e. The summed E-state index contributed by atoms with van der Waals surface area (Å²) in [4.78, 5) is 45.8. The third-order valence-corrected chi connectivity index (χ3v) is 8.89. The fourth-order valence-corrected chi connectivity index (χ4v) is 5.58. The first-order valence-electron chi connectivity index (χ1n) is 20.0. The molecule has 0 heterocycles. The van der Waals surface area contributed by atoms with E-state index in [0.717, 1.165) is 70.6 Å². The van der Waals surface area contributed by atoms with Crippen molar-refractivity contribution in [2.75, 3.05) is 19.8 Å². The van der Waals surface area contributed by atoms with Crippen molar-refractivity contribution in [1.29, 1.82) is 0 Å². The van der Waals surface area contributed by atoms with Crippen molar-refractivity contribution in [2.45, 2.75) is 154 Å². The first kappa shape index (κ1) is 50.9. The minimum atomic E-state index is -4.73. The molecule has 54 heavy (non-hydrogen) atoms. The molecule has 11 nitrogen and oxygen atoms in total.